The van der Waals surface area contributed by atoms with Gasteiger partial charge in [0.2, 0.25) is 11.8 Å². The number of aromatic nitrogens is 3. The van der Waals surface area contributed by atoms with Gasteiger partial charge in [-0.3, -0.25) is 10.2 Å². The molecule has 2 aromatic heterocycles. The monoisotopic (exact) mass is 615 g/mol. The summed E-state index contributed by atoms with van der Waals surface area (Å²) in [5, 5.41) is 18.0. The molecule has 2 saturated heterocycles. The number of likely N-dealkylation sites (tertiary alicyclic amines) is 1. The van der Waals surface area contributed by atoms with Crippen molar-refractivity contribution in [2.75, 3.05) is 46.3 Å². The fraction of sp³-hybridized carbons (Fsp3) is 0.576. The second-order valence-corrected chi connectivity index (χ2v) is 12.8. The number of ether oxygens (including phenoxy) is 4. The fourth-order valence-corrected chi connectivity index (χ4v) is 7.88. The number of benzene rings is 1. The van der Waals surface area contributed by atoms with E-state index in [9.17, 15) is 5.26 Å². The summed E-state index contributed by atoms with van der Waals surface area (Å²) < 4.78 is 30.2. The Hall–Kier alpha value is -3.76. The van der Waals surface area contributed by atoms with E-state index in [1.165, 1.54) is 0 Å². The van der Waals surface area contributed by atoms with Crippen LogP contribution in [0, 0.1) is 11.3 Å². The lowest BCUT2D eigenvalue weighted by Crippen LogP contribution is -2.42. The van der Waals surface area contributed by atoms with E-state index in [1.54, 1.807) is 13.2 Å². The first-order valence-electron chi connectivity index (χ1n) is 16.0. The Morgan fingerprint density at radius 3 is 2.76 bits per heavy atom. The molecule has 1 spiro atoms. The van der Waals surface area contributed by atoms with Crippen LogP contribution in [-0.4, -0.2) is 85.0 Å². The molecule has 1 aromatic carbocycles. The minimum Gasteiger partial charge on any atom is -0.473 e. The van der Waals surface area contributed by atoms with Gasteiger partial charge >= 0.3 is 0 Å². The molecule has 2 aliphatic carbocycles. The van der Waals surface area contributed by atoms with Gasteiger partial charge in [-0.1, -0.05) is 11.2 Å². The number of nitrogen functional groups attached to an aromatic ring is 1. The van der Waals surface area contributed by atoms with Crippen molar-refractivity contribution in [3.8, 4) is 29.3 Å². The SMILES string of the molecule is CO[C@@H]1C[C@@H]([C@H](C)Oc2cc(O[C@@H]3CNCOC3)nc(-c3noc4c3CCC[C@@]43CCCc4ccc(N)c(C#N)c43)n2)N(C)C1. The number of methoxy groups -OCH3 is 1. The molecule has 2 fully saturated rings. The Kier molecular flexibility index (Phi) is 8.12. The van der Waals surface area contributed by atoms with Gasteiger partial charge in [0.1, 0.15) is 18.3 Å². The van der Waals surface area contributed by atoms with Crippen molar-refractivity contribution in [1.29, 1.82) is 5.26 Å². The summed E-state index contributed by atoms with van der Waals surface area (Å²) in [5.41, 5.74) is 10.6. The van der Waals surface area contributed by atoms with E-state index in [0.29, 0.717) is 54.4 Å². The Morgan fingerprint density at radius 1 is 1.18 bits per heavy atom. The molecule has 0 saturated carbocycles. The van der Waals surface area contributed by atoms with Crippen molar-refractivity contribution < 1.29 is 23.5 Å². The largest absolute Gasteiger partial charge is 0.473 e. The first-order chi connectivity index (χ1) is 21.9. The molecule has 0 unspecified atom stereocenters. The van der Waals surface area contributed by atoms with Gasteiger partial charge in [0.05, 0.1) is 36.5 Å². The van der Waals surface area contributed by atoms with Crippen LogP contribution in [-0.2, 0) is 27.7 Å². The molecule has 12 heteroatoms. The van der Waals surface area contributed by atoms with Crippen LogP contribution in [0.4, 0.5) is 5.69 Å². The van der Waals surface area contributed by atoms with Crippen LogP contribution in [0.25, 0.3) is 11.5 Å². The maximum Gasteiger partial charge on any atom is 0.221 e. The predicted octanol–water partition coefficient (Wildman–Crippen LogP) is 3.36. The van der Waals surface area contributed by atoms with Crippen LogP contribution >= 0.6 is 0 Å². The Balaban J connectivity index is 1.27. The molecule has 45 heavy (non-hydrogen) atoms. The van der Waals surface area contributed by atoms with E-state index in [2.05, 4.69) is 41.5 Å². The van der Waals surface area contributed by atoms with Crippen molar-refractivity contribution in [1.82, 2.24) is 25.3 Å². The van der Waals surface area contributed by atoms with E-state index in [4.69, 9.17) is 39.2 Å². The molecule has 2 aliphatic heterocycles. The van der Waals surface area contributed by atoms with Crippen LogP contribution in [0.5, 0.6) is 11.8 Å². The number of hydrogen-bond acceptors (Lipinski definition) is 12. The highest BCUT2D eigenvalue weighted by Gasteiger charge is 2.48. The highest BCUT2D eigenvalue weighted by atomic mass is 16.5. The number of hydrogen-bond donors (Lipinski definition) is 2. The molecular formula is C33H41N7O5. The van der Waals surface area contributed by atoms with Crippen LogP contribution in [0.15, 0.2) is 22.7 Å². The van der Waals surface area contributed by atoms with Gasteiger partial charge in [-0.15, -0.1) is 0 Å². The second-order valence-electron chi connectivity index (χ2n) is 12.8. The maximum absolute atomic E-state index is 10.2. The van der Waals surface area contributed by atoms with Gasteiger partial charge in [-0.2, -0.15) is 15.2 Å². The zero-order valence-electron chi connectivity index (χ0n) is 26.2. The zero-order chi connectivity index (χ0) is 31.1. The first kappa shape index (κ1) is 29.9. The molecule has 3 aromatic rings. The summed E-state index contributed by atoms with van der Waals surface area (Å²) in [4.78, 5) is 12.0. The molecule has 5 atom stereocenters. The van der Waals surface area contributed by atoms with Crippen molar-refractivity contribution in [2.45, 2.75) is 81.6 Å². The van der Waals surface area contributed by atoms with Gasteiger partial charge in [-0.05, 0) is 76.1 Å². The Labute approximate surface area is 263 Å². The molecule has 12 nitrogen and oxygen atoms in total. The lowest BCUT2D eigenvalue weighted by atomic mass is 9.61. The number of aryl methyl sites for hydroxylation is 1. The quantitative estimate of drug-likeness (QED) is 0.375. The Morgan fingerprint density at radius 2 is 2.00 bits per heavy atom. The molecule has 7 rings (SSSR count). The van der Waals surface area contributed by atoms with Gasteiger partial charge in [0, 0.05) is 37.5 Å². The number of nitrogens with zero attached hydrogens (tertiary/aromatic N) is 5. The normalized spacial score (nSPS) is 27.0. The second kappa shape index (κ2) is 12.2. The lowest BCUT2D eigenvalue weighted by molar-refractivity contribution is 0.00105. The summed E-state index contributed by atoms with van der Waals surface area (Å²) >= 11 is 0. The molecule has 0 amide bonds. The molecule has 3 N–H and O–H groups in total. The van der Waals surface area contributed by atoms with Crippen LogP contribution in [0.3, 0.4) is 0 Å². The number of anilines is 1. The highest BCUT2D eigenvalue weighted by Crippen LogP contribution is 2.53. The summed E-state index contributed by atoms with van der Waals surface area (Å²) in [5.74, 6) is 1.98. The third kappa shape index (κ3) is 5.42. The van der Waals surface area contributed by atoms with Gasteiger partial charge in [0.25, 0.3) is 0 Å². The standard InChI is InChI=1S/C33H41N7O5/c1-19(26-12-21(41-3)16-40(26)2)43-27-13-28(44-22-15-36-18-42-17-22)38-32(37-27)30-23-7-5-11-33(31(23)45-39-30)10-4-6-20-8-9-25(35)24(14-34)29(20)33/h8-9,13,19,21-22,26,36H,4-7,10-12,15-18,35H2,1-3H3/t19-,21+,22+,26-,33+/m0/s1. The summed E-state index contributed by atoms with van der Waals surface area (Å²) in [6.45, 7) is 4.50. The number of rotatable bonds is 7. The number of nitrogens with two attached hydrogens (primary N) is 1. The van der Waals surface area contributed by atoms with Crippen molar-refractivity contribution >= 4 is 5.69 Å². The number of nitrogens with one attached hydrogen (secondary N) is 1. The van der Waals surface area contributed by atoms with E-state index in [1.807, 2.05) is 6.07 Å². The fourth-order valence-electron chi connectivity index (χ4n) is 7.88. The Bertz CT molecular complexity index is 1590. The first-order valence-corrected chi connectivity index (χ1v) is 16.0. The lowest BCUT2D eigenvalue weighted by Gasteiger charge is -2.41. The molecule has 4 aliphatic rings. The number of likely N-dealkylation sites (N-methyl/N-ethyl adjacent to an activating group) is 1. The summed E-state index contributed by atoms with van der Waals surface area (Å²) in [7, 11) is 3.84. The topological polar surface area (TPSA) is 154 Å². The van der Waals surface area contributed by atoms with Crippen LogP contribution in [0.2, 0.25) is 0 Å². The van der Waals surface area contributed by atoms with E-state index >= 15 is 0 Å². The van der Waals surface area contributed by atoms with Gasteiger partial charge in [0.15, 0.2) is 17.3 Å². The molecule has 4 heterocycles. The van der Waals surface area contributed by atoms with Gasteiger partial charge < -0.3 is 29.2 Å². The van der Waals surface area contributed by atoms with Crippen molar-refractivity contribution in [3.05, 3.63) is 46.2 Å². The highest BCUT2D eigenvalue weighted by molar-refractivity contribution is 5.67. The molecule has 0 radical (unpaired) electrons. The van der Waals surface area contributed by atoms with E-state index in [0.717, 1.165) is 73.9 Å². The van der Waals surface area contributed by atoms with Crippen molar-refractivity contribution in [3.63, 3.8) is 0 Å². The van der Waals surface area contributed by atoms with Gasteiger partial charge in [-0.25, -0.2) is 0 Å². The minimum absolute atomic E-state index is 0.159. The summed E-state index contributed by atoms with van der Waals surface area (Å²) in [6.07, 6.45) is 5.97. The molecule has 238 valence electrons. The van der Waals surface area contributed by atoms with Crippen LogP contribution in [0.1, 0.15) is 67.0 Å². The van der Waals surface area contributed by atoms with E-state index < -0.39 is 5.41 Å². The number of fused-ring (bicyclic) bond motifs is 4. The van der Waals surface area contributed by atoms with E-state index in [-0.39, 0.29) is 24.4 Å². The average molecular weight is 616 g/mol. The summed E-state index contributed by atoms with van der Waals surface area (Å²) in [6, 6.07) is 8.22. The molecular weight excluding hydrogens is 574 g/mol. The number of nitriles is 1. The molecule has 0 bridgehead atoms. The minimum atomic E-state index is -0.467. The van der Waals surface area contributed by atoms with Crippen molar-refractivity contribution in [2.24, 2.45) is 0 Å². The zero-order valence-corrected chi connectivity index (χ0v) is 26.2. The predicted molar refractivity (Wildman–Crippen MR) is 165 cm³/mol. The maximum atomic E-state index is 10.2. The third-order valence-electron chi connectivity index (χ3n) is 10.0. The van der Waals surface area contributed by atoms with Crippen LogP contribution < -0.4 is 20.5 Å². The smallest absolute Gasteiger partial charge is 0.221 e. The average Bonchev–Trinajstić information content (AvgIpc) is 3.66. The third-order valence-corrected chi connectivity index (χ3v) is 10.0.